The van der Waals surface area contributed by atoms with Gasteiger partial charge in [0, 0.05) is 19.3 Å². The van der Waals surface area contributed by atoms with E-state index in [2.05, 4.69) is 106 Å². The van der Waals surface area contributed by atoms with Crippen LogP contribution in [-0.2, 0) is 28.6 Å². The summed E-state index contributed by atoms with van der Waals surface area (Å²) in [6.07, 6.45) is 91.7. The maximum Gasteiger partial charge on any atom is 0.306 e. The fourth-order valence-corrected chi connectivity index (χ4v) is 10.2. The van der Waals surface area contributed by atoms with E-state index in [1.54, 1.807) is 0 Å². The van der Waals surface area contributed by atoms with Crippen molar-refractivity contribution in [3.05, 3.63) is 85.1 Å². The summed E-state index contributed by atoms with van der Waals surface area (Å²) < 4.78 is 17.0. The maximum atomic E-state index is 13.0. The van der Waals surface area contributed by atoms with E-state index in [0.717, 1.165) is 109 Å². The van der Waals surface area contributed by atoms with Crippen LogP contribution >= 0.6 is 0 Å². The highest BCUT2D eigenvalue weighted by molar-refractivity contribution is 5.71. The first kappa shape index (κ1) is 77.6. The molecule has 0 N–H and O–H groups in total. The predicted octanol–water partition coefficient (Wildman–Crippen LogP) is 24.2. The van der Waals surface area contributed by atoms with Gasteiger partial charge in [-0.15, -0.1) is 0 Å². The third-order valence-electron chi connectivity index (χ3n) is 15.4. The molecule has 81 heavy (non-hydrogen) atoms. The van der Waals surface area contributed by atoms with Crippen molar-refractivity contribution in [1.82, 2.24) is 0 Å². The average molecular weight is 1130 g/mol. The zero-order valence-corrected chi connectivity index (χ0v) is 53.8. The van der Waals surface area contributed by atoms with E-state index in [0.29, 0.717) is 19.3 Å². The Morgan fingerprint density at radius 2 is 0.481 bits per heavy atom. The van der Waals surface area contributed by atoms with Crippen molar-refractivity contribution in [3.8, 4) is 0 Å². The molecule has 0 fully saturated rings. The van der Waals surface area contributed by atoms with Crippen molar-refractivity contribution in [2.24, 2.45) is 0 Å². The van der Waals surface area contributed by atoms with Crippen LogP contribution in [0.5, 0.6) is 0 Å². The zero-order chi connectivity index (χ0) is 58.5. The van der Waals surface area contributed by atoms with Gasteiger partial charge in [0.15, 0.2) is 6.10 Å². The van der Waals surface area contributed by atoms with E-state index in [9.17, 15) is 14.4 Å². The Bertz CT molecular complexity index is 1530. The molecule has 0 aromatic heterocycles. The van der Waals surface area contributed by atoms with Gasteiger partial charge in [-0.2, -0.15) is 0 Å². The van der Waals surface area contributed by atoms with Crippen LogP contribution < -0.4 is 0 Å². The van der Waals surface area contributed by atoms with Gasteiger partial charge in [-0.05, 0) is 96.3 Å². The third kappa shape index (κ3) is 67.3. The number of hydrogen-bond acceptors (Lipinski definition) is 6. The van der Waals surface area contributed by atoms with E-state index in [1.165, 1.54) is 205 Å². The van der Waals surface area contributed by atoms with Gasteiger partial charge in [0.2, 0.25) is 0 Å². The molecular formula is C75H132O6. The van der Waals surface area contributed by atoms with Gasteiger partial charge >= 0.3 is 17.9 Å². The molecule has 6 heteroatoms. The first-order valence-corrected chi connectivity index (χ1v) is 35.1. The lowest BCUT2D eigenvalue weighted by atomic mass is 10.0. The third-order valence-corrected chi connectivity index (χ3v) is 15.4. The van der Waals surface area contributed by atoms with E-state index < -0.39 is 6.10 Å². The Balaban J connectivity index is 4.39. The van der Waals surface area contributed by atoms with Crippen LogP contribution in [0.1, 0.15) is 355 Å². The van der Waals surface area contributed by atoms with Crippen LogP contribution in [0.25, 0.3) is 0 Å². The number of hydrogen-bond donors (Lipinski definition) is 0. The molecular weight excluding hydrogens is 997 g/mol. The molecule has 0 aromatic carbocycles. The number of carbonyl (C=O) groups excluding carboxylic acids is 3. The van der Waals surface area contributed by atoms with Crippen molar-refractivity contribution in [2.45, 2.75) is 361 Å². The SMILES string of the molecule is CC/C=C\C/C=C\C/C=C\C/C=C\C/C=C\C/C=C\CCCCCCCCC(=O)OCC(COC(=O)CCCCCCCCC/C=C\CCCCCCCCC)OC(=O)CCCCCCCCCCCCCCCCCCCCCC. The van der Waals surface area contributed by atoms with Gasteiger partial charge < -0.3 is 14.2 Å². The van der Waals surface area contributed by atoms with Gasteiger partial charge in [-0.3, -0.25) is 14.4 Å². The lowest BCUT2D eigenvalue weighted by Gasteiger charge is -2.18. The summed E-state index contributed by atoms with van der Waals surface area (Å²) in [6, 6.07) is 0. The molecule has 468 valence electrons. The zero-order valence-electron chi connectivity index (χ0n) is 53.8. The molecule has 0 spiro atoms. The fourth-order valence-electron chi connectivity index (χ4n) is 10.2. The Hall–Kier alpha value is -3.41. The summed E-state index contributed by atoms with van der Waals surface area (Å²) in [5.74, 6) is -0.878. The molecule has 1 atom stereocenters. The van der Waals surface area contributed by atoms with Crippen LogP contribution in [0.2, 0.25) is 0 Å². The Morgan fingerprint density at radius 3 is 0.765 bits per heavy atom. The largest absolute Gasteiger partial charge is 0.462 e. The van der Waals surface area contributed by atoms with Gasteiger partial charge in [-0.25, -0.2) is 0 Å². The molecule has 0 saturated carbocycles. The van der Waals surface area contributed by atoms with Gasteiger partial charge in [-0.1, -0.05) is 324 Å². The minimum Gasteiger partial charge on any atom is -0.462 e. The maximum absolute atomic E-state index is 13.0. The first-order valence-electron chi connectivity index (χ1n) is 35.1. The quantitative estimate of drug-likeness (QED) is 0.0261. The molecule has 0 saturated heterocycles. The van der Waals surface area contributed by atoms with Crippen LogP contribution in [0, 0.1) is 0 Å². The van der Waals surface area contributed by atoms with Gasteiger partial charge in [0.1, 0.15) is 13.2 Å². The number of carbonyl (C=O) groups is 3. The summed E-state index contributed by atoms with van der Waals surface area (Å²) in [5, 5.41) is 0. The lowest BCUT2D eigenvalue weighted by molar-refractivity contribution is -0.167. The van der Waals surface area contributed by atoms with Crippen LogP contribution in [-0.4, -0.2) is 37.2 Å². The van der Waals surface area contributed by atoms with Gasteiger partial charge in [0.25, 0.3) is 0 Å². The molecule has 0 bridgehead atoms. The number of esters is 3. The predicted molar refractivity (Wildman–Crippen MR) is 353 cm³/mol. The lowest BCUT2D eigenvalue weighted by Crippen LogP contribution is -2.30. The standard InChI is InChI=1S/C75H132O6/c1-4-7-10-13-16-19-22-25-28-31-34-36-37-38-39-40-42-44-47-50-53-56-59-62-65-68-74(77)80-71-72(70-79-73(76)67-64-61-58-55-52-49-46-43-33-30-27-24-21-18-15-12-9-6-3)81-75(78)69-66-63-60-57-54-51-48-45-41-35-32-29-26-23-20-17-14-11-8-5-2/h7,10,16,19,25,28,30,33-34,36,38-39,42,44,72H,4-6,8-9,11-15,17-18,20-24,26-27,29,31-32,35,37,40-41,43,45-71H2,1-3H3/b10-7-,19-16-,28-25-,33-30-,36-34-,39-38-,44-42-. The molecule has 0 aliphatic carbocycles. The monoisotopic (exact) mass is 1130 g/mol. The summed E-state index contributed by atoms with van der Waals surface area (Å²) in [7, 11) is 0. The van der Waals surface area contributed by atoms with E-state index >= 15 is 0 Å². The van der Waals surface area contributed by atoms with Crippen LogP contribution in [0.15, 0.2) is 85.1 Å². The minimum atomic E-state index is -0.785. The van der Waals surface area contributed by atoms with Crippen molar-refractivity contribution >= 4 is 17.9 Å². The highest BCUT2D eigenvalue weighted by atomic mass is 16.6. The van der Waals surface area contributed by atoms with E-state index in [4.69, 9.17) is 14.2 Å². The molecule has 0 aliphatic rings. The van der Waals surface area contributed by atoms with Crippen molar-refractivity contribution in [2.75, 3.05) is 13.2 Å². The van der Waals surface area contributed by atoms with Crippen molar-refractivity contribution in [1.29, 1.82) is 0 Å². The molecule has 0 radical (unpaired) electrons. The van der Waals surface area contributed by atoms with Crippen molar-refractivity contribution < 1.29 is 28.6 Å². The highest BCUT2D eigenvalue weighted by Crippen LogP contribution is 2.17. The molecule has 0 amide bonds. The van der Waals surface area contributed by atoms with Crippen molar-refractivity contribution in [3.63, 3.8) is 0 Å². The molecule has 1 unspecified atom stereocenters. The Labute approximate surface area is 503 Å². The Morgan fingerprint density at radius 1 is 0.259 bits per heavy atom. The topological polar surface area (TPSA) is 78.9 Å². The Kier molecular flexibility index (Phi) is 66.2. The normalized spacial score (nSPS) is 12.6. The van der Waals surface area contributed by atoms with Crippen LogP contribution in [0.4, 0.5) is 0 Å². The second-order valence-electron chi connectivity index (χ2n) is 23.4. The molecule has 6 nitrogen and oxygen atoms in total. The fraction of sp³-hybridized carbons (Fsp3) is 0.773. The van der Waals surface area contributed by atoms with E-state index in [-0.39, 0.29) is 31.1 Å². The summed E-state index contributed by atoms with van der Waals surface area (Å²) in [6.45, 7) is 6.56. The number of rotatable bonds is 64. The summed E-state index contributed by atoms with van der Waals surface area (Å²) in [5.41, 5.74) is 0. The molecule has 0 aromatic rings. The second kappa shape index (κ2) is 69.1. The second-order valence-corrected chi connectivity index (χ2v) is 23.4. The smallest absolute Gasteiger partial charge is 0.306 e. The number of allylic oxidation sites excluding steroid dienone is 14. The van der Waals surface area contributed by atoms with Crippen LogP contribution in [0.3, 0.4) is 0 Å². The molecule has 0 heterocycles. The average Bonchev–Trinajstić information content (AvgIpc) is 3.47. The number of unbranched alkanes of at least 4 members (excludes halogenated alkanes) is 39. The highest BCUT2D eigenvalue weighted by Gasteiger charge is 2.19. The molecule has 0 rings (SSSR count). The first-order chi connectivity index (χ1) is 40.0. The summed E-state index contributed by atoms with van der Waals surface area (Å²) in [4.78, 5) is 38.5. The minimum absolute atomic E-state index is 0.0802. The van der Waals surface area contributed by atoms with Gasteiger partial charge in [0.05, 0.1) is 0 Å². The number of ether oxygens (including phenoxy) is 3. The summed E-state index contributed by atoms with van der Waals surface area (Å²) >= 11 is 0. The van der Waals surface area contributed by atoms with E-state index in [1.807, 2.05) is 0 Å². The molecule has 0 aliphatic heterocycles.